The topological polar surface area (TPSA) is 21.3 Å². The van der Waals surface area contributed by atoms with Crippen LogP contribution in [0.5, 0.6) is 5.75 Å². The molecule has 3 unspecified atom stereocenters. The summed E-state index contributed by atoms with van der Waals surface area (Å²) in [5.41, 5.74) is 1.22. The third-order valence-corrected chi connectivity index (χ3v) is 5.10. The van der Waals surface area contributed by atoms with Crippen LogP contribution in [0.3, 0.4) is 0 Å². The lowest BCUT2D eigenvalue weighted by molar-refractivity contribution is -0.00227. The molecule has 1 aromatic rings. The summed E-state index contributed by atoms with van der Waals surface area (Å²) in [7, 11) is 1.97. The molecule has 3 heteroatoms. The first-order valence-electron chi connectivity index (χ1n) is 7.51. The van der Waals surface area contributed by atoms with Gasteiger partial charge in [-0.15, -0.1) is 0 Å². The molecular weight excluding hydrogens is 253 g/mol. The maximum Gasteiger partial charge on any atom is 0.127 e. The first-order chi connectivity index (χ1) is 9.35. The van der Waals surface area contributed by atoms with Gasteiger partial charge < -0.3 is 10.1 Å². The molecule has 3 atom stereocenters. The molecule has 0 bridgehead atoms. The second kappa shape index (κ2) is 4.45. The molecule has 1 heterocycles. The number of hydrogen-bond donors (Lipinski definition) is 1. The van der Waals surface area contributed by atoms with Gasteiger partial charge in [-0.05, 0) is 37.3 Å². The van der Waals surface area contributed by atoms with Gasteiger partial charge in [0.1, 0.15) is 17.2 Å². The predicted octanol–water partition coefficient (Wildman–Crippen LogP) is 4.06. The fraction of sp³-hybridized carbons (Fsp3) is 0.647. The van der Waals surface area contributed by atoms with E-state index in [0.717, 1.165) is 30.6 Å². The van der Waals surface area contributed by atoms with E-state index in [1.807, 2.05) is 13.1 Å². The minimum Gasteiger partial charge on any atom is -0.486 e. The second-order valence-electron chi connectivity index (χ2n) is 7.34. The van der Waals surface area contributed by atoms with Crippen molar-refractivity contribution < 1.29 is 9.13 Å². The molecule has 1 aliphatic carbocycles. The summed E-state index contributed by atoms with van der Waals surface area (Å²) in [4.78, 5) is 0. The van der Waals surface area contributed by atoms with E-state index in [9.17, 15) is 4.39 Å². The Balaban J connectivity index is 2.02. The van der Waals surface area contributed by atoms with E-state index in [-0.39, 0.29) is 17.5 Å². The van der Waals surface area contributed by atoms with E-state index in [1.54, 1.807) is 6.07 Å². The molecule has 0 amide bonds. The van der Waals surface area contributed by atoms with E-state index >= 15 is 0 Å². The van der Waals surface area contributed by atoms with Crippen LogP contribution < -0.4 is 10.1 Å². The number of hydrogen-bond acceptors (Lipinski definition) is 2. The zero-order valence-electron chi connectivity index (χ0n) is 12.8. The van der Waals surface area contributed by atoms with E-state index in [0.29, 0.717) is 11.3 Å². The molecule has 110 valence electrons. The van der Waals surface area contributed by atoms with Crippen LogP contribution in [0.4, 0.5) is 4.39 Å². The largest absolute Gasteiger partial charge is 0.486 e. The molecule has 0 radical (unpaired) electrons. The second-order valence-corrected chi connectivity index (χ2v) is 7.34. The highest BCUT2D eigenvalue weighted by Gasteiger charge is 2.53. The number of fused-ring (bicyclic) bond motifs is 1. The lowest BCUT2D eigenvalue weighted by Gasteiger charge is -2.43. The Morgan fingerprint density at radius 2 is 2.05 bits per heavy atom. The SMILES string of the molecule is CNC1CC2(CC(C)(C)CC2C)Oc2cc(F)ccc21. The monoisotopic (exact) mass is 277 g/mol. The summed E-state index contributed by atoms with van der Waals surface area (Å²) in [6.07, 6.45) is 3.16. The molecule has 1 N–H and O–H groups in total. The smallest absolute Gasteiger partial charge is 0.127 e. The molecule has 1 aliphatic heterocycles. The number of rotatable bonds is 1. The first kappa shape index (κ1) is 13.9. The third kappa shape index (κ3) is 2.12. The highest BCUT2D eigenvalue weighted by molar-refractivity contribution is 5.40. The highest BCUT2D eigenvalue weighted by atomic mass is 19.1. The molecule has 2 aliphatic rings. The Hall–Kier alpha value is -1.09. The van der Waals surface area contributed by atoms with Crippen molar-refractivity contribution in [3.8, 4) is 5.75 Å². The number of halogens is 1. The van der Waals surface area contributed by atoms with Gasteiger partial charge in [-0.3, -0.25) is 0 Å². The molecule has 1 aromatic carbocycles. The molecular formula is C17H24FNO. The first-order valence-corrected chi connectivity index (χ1v) is 7.51. The zero-order chi connectivity index (χ0) is 14.5. The van der Waals surface area contributed by atoms with Crippen LogP contribution in [-0.2, 0) is 0 Å². The zero-order valence-corrected chi connectivity index (χ0v) is 12.8. The molecule has 3 rings (SSSR count). The average molecular weight is 277 g/mol. The van der Waals surface area contributed by atoms with Gasteiger partial charge in [0.25, 0.3) is 0 Å². The fourth-order valence-corrected chi connectivity index (χ4v) is 4.34. The van der Waals surface area contributed by atoms with Crippen LogP contribution in [0.25, 0.3) is 0 Å². The van der Waals surface area contributed by atoms with Gasteiger partial charge >= 0.3 is 0 Å². The van der Waals surface area contributed by atoms with Gasteiger partial charge in [0.05, 0.1) is 0 Å². The van der Waals surface area contributed by atoms with Crippen molar-refractivity contribution in [3.05, 3.63) is 29.6 Å². The van der Waals surface area contributed by atoms with Crippen molar-refractivity contribution in [1.82, 2.24) is 5.32 Å². The van der Waals surface area contributed by atoms with Gasteiger partial charge in [-0.2, -0.15) is 0 Å². The van der Waals surface area contributed by atoms with Crippen molar-refractivity contribution in [2.24, 2.45) is 11.3 Å². The third-order valence-electron chi connectivity index (χ3n) is 5.10. The van der Waals surface area contributed by atoms with Crippen LogP contribution in [0.1, 0.15) is 51.6 Å². The predicted molar refractivity (Wildman–Crippen MR) is 78.4 cm³/mol. The summed E-state index contributed by atoms with van der Waals surface area (Å²) < 4.78 is 19.9. The number of benzene rings is 1. The van der Waals surface area contributed by atoms with E-state index < -0.39 is 0 Å². The average Bonchev–Trinajstić information content (AvgIpc) is 2.56. The molecule has 1 fully saturated rings. The maximum atomic E-state index is 13.5. The summed E-state index contributed by atoms with van der Waals surface area (Å²) >= 11 is 0. The van der Waals surface area contributed by atoms with Gasteiger partial charge in [-0.1, -0.05) is 26.8 Å². The van der Waals surface area contributed by atoms with Crippen LogP contribution in [0.15, 0.2) is 18.2 Å². The van der Waals surface area contributed by atoms with Crippen molar-refractivity contribution in [2.45, 2.75) is 51.7 Å². The minimum absolute atomic E-state index is 0.155. The Kier molecular flexibility index (Phi) is 3.09. The quantitative estimate of drug-likeness (QED) is 0.835. The van der Waals surface area contributed by atoms with Crippen LogP contribution in [0, 0.1) is 17.2 Å². The fourth-order valence-electron chi connectivity index (χ4n) is 4.34. The van der Waals surface area contributed by atoms with Crippen molar-refractivity contribution in [1.29, 1.82) is 0 Å². The Labute approximate surface area is 120 Å². The molecule has 1 saturated carbocycles. The van der Waals surface area contributed by atoms with Gasteiger partial charge in [0.15, 0.2) is 0 Å². The summed E-state index contributed by atoms with van der Waals surface area (Å²) in [6, 6.07) is 5.16. The molecule has 0 aromatic heterocycles. The normalized spacial score (nSPS) is 34.9. The molecule has 1 spiro atoms. The standard InChI is InChI=1S/C17H24FNO/c1-11-8-16(2,3)10-17(11)9-14(19-4)13-6-5-12(18)7-15(13)20-17/h5-7,11,14,19H,8-10H2,1-4H3. The van der Waals surface area contributed by atoms with Crippen LogP contribution in [-0.4, -0.2) is 12.6 Å². The lowest BCUT2D eigenvalue weighted by Crippen LogP contribution is -2.46. The molecule has 20 heavy (non-hydrogen) atoms. The Bertz CT molecular complexity index is 528. The summed E-state index contributed by atoms with van der Waals surface area (Å²) in [6.45, 7) is 6.87. The van der Waals surface area contributed by atoms with Crippen molar-refractivity contribution >= 4 is 0 Å². The maximum absolute atomic E-state index is 13.5. The van der Waals surface area contributed by atoms with Gasteiger partial charge in [-0.25, -0.2) is 4.39 Å². The highest BCUT2D eigenvalue weighted by Crippen LogP contribution is 2.55. The summed E-state index contributed by atoms with van der Waals surface area (Å²) in [5, 5.41) is 3.38. The van der Waals surface area contributed by atoms with Gasteiger partial charge in [0, 0.05) is 24.1 Å². The molecule has 2 nitrogen and oxygen atoms in total. The summed E-state index contributed by atoms with van der Waals surface area (Å²) in [5.74, 6) is 0.991. The van der Waals surface area contributed by atoms with E-state index in [1.165, 1.54) is 6.07 Å². The van der Waals surface area contributed by atoms with Crippen LogP contribution in [0.2, 0.25) is 0 Å². The lowest BCUT2D eigenvalue weighted by atomic mass is 9.80. The Morgan fingerprint density at radius 3 is 2.65 bits per heavy atom. The van der Waals surface area contributed by atoms with Crippen molar-refractivity contribution in [3.63, 3.8) is 0 Å². The minimum atomic E-state index is -0.222. The van der Waals surface area contributed by atoms with Gasteiger partial charge in [0.2, 0.25) is 0 Å². The van der Waals surface area contributed by atoms with Crippen LogP contribution >= 0.6 is 0 Å². The number of nitrogens with one attached hydrogen (secondary N) is 1. The molecule has 0 saturated heterocycles. The number of ether oxygens (including phenoxy) is 1. The van der Waals surface area contributed by atoms with E-state index in [4.69, 9.17) is 4.74 Å². The van der Waals surface area contributed by atoms with E-state index in [2.05, 4.69) is 26.1 Å². The Morgan fingerprint density at radius 1 is 1.30 bits per heavy atom. The van der Waals surface area contributed by atoms with Crippen molar-refractivity contribution in [2.75, 3.05) is 7.05 Å².